The average Bonchev–Trinajstić information content (AvgIpc) is 2.22. The molecule has 0 saturated carbocycles. The summed E-state index contributed by atoms with van der Waals surface area (Å²) in [5.41, 5.74) is 3.42. The van der Waals surface area contributed by atoms with Gasteiger partial charge in [0.25, 0.3) is 0 Å². The lowest BCUT2D eigenvalue weighted by atomic mass is 10.0. The van der Waals surface area contributed by atoms with Gasteiger partial charge in [-0.15, -0.1) is 12.4 Å². The maximum atomic E-state index is 12.8. The highest BCUT2D eigenvalue weighted by molar-refractivity contribution is 5.85. The molecule has 1 aromatic carbocycles. The fourth-order valence-corrected chi connectivity index (χ4v) is 1.14. The van der Waals surface area contributed by atoms with Crippen LogP contribution in [0.2, 0.25) is 0 Å². The van der Waals surface area contributed by atoms with Crippen molar-refractivity contribution in [3.05, 3.63) is 35.1 Å². The number of hydrogen-bond donors (Lipinski definition) is 1. The van der Waals surface area contributed by atoms with Gasteiger partial charge in [-0.25, -0.2) is 13.2 Å². The highest BCUT2D eigenvalue weighted by Crippen LogP contribution is 2.43. The molecule has 2 N–H and O–H groups in total. The van der Waals surface area contributed by atoms with Crippen molar-refractivity contribution in [1.29, 1.82) is 0 Å². The predicted molar refractivity (Wildman–Crippen MR) is 51.5 cm³/mol. The molecule has 1 atom stereocenters. The summed E-state index contributed by atoms with van der Waals surface area (Å²) in [7, 11) is 0. The Hall–Kier alpha value is -1.09. The van der Waals surface area contributed by atoms with Crippen molar-refractivity contribution in [2.45, 2.75) is 18.1 Å². The summed E-state index contributed by atoms with van der Waals surface area (Å²) in [6, 6.07) is -3.06. The first-order chi connectivity index (χ1) is 7.98. The quantitative estimate of drug-likeness (QED) is 0.653. The Labute approximate surface area is 107 Å². The lowest BCUT2D eigenvalue weighted by Gasteiger charge is -2.26. The van der Waals surface area contributed by atoms with E-state index < -0.39 is 41.2 Å². The first kappa shape index (κ1) is 17.9. The summed E-state index contributed by atoms with van der Waals surface area (Å²) in [5, 5.41) is 0. The van der Waals surface area contributed by atoms with Gasteiger partial charge >= 0.3 is 12.1 Å². The Bertz CT molecular complexity index is 435. The normalized spacial score (nSPS) is 13.9. The molecule has 0 aliphatic rings. The monoisotopic (exact) mass is 315 g/mol. The van der Waals surface area contributed by atoms with E-state index in [0.29, 0.717) is 0 Å². The molecular weight excluding hydrogens is 310 g/mol. The summed E-state index contributed by atoms with van der Waals surface area (Å²) in [6.45, 7) is 0. The largest absolute Gasteiger partial charge is 0.455 e. The van der Waals surface area contributed by atoms with Crippen molar-refractivity contribution in [3.63, 3.8) is 0 Å². The van der Waals surface area contributed by atoms with Gasteiger partial charge in [0.05, 0.1) is 0 Å². The fraction of sp³-hybridized carbons (Fsp3) is 0.333. The van der Waals surface area contributed by atoms with Crippen LogP contribution >= 0.6 is 12.4 Å². The van der Waals surface area contributed by atoms with E-state index in [1.54, 1.807) is 0 Å². The molecule has 19 heavy (non-hydrogen) atoms. The highest BCUT2D eigenvalue weighted by atomic mass is 35.5. The number of alkyl halides is 5. The number of rotatable bonds is 2. The SMILES string of the molecule is Cl.N[C@H](c1cc(F)c(F)c(F)c1)C(F)(F)C(F)(F)F. The molecule has 0 bridgehead atoms. The lowest BCUT2D eigenvalue weighted by molar-refractivity contribution is -0.291. The molecule has 1 aromatic rings. The van der Waals surface area contributed by atoms with Crippen LogP contribution in [0.15, 0.2) is 12.1 Å². The topological polar surface area (TPSA) is 26.0 Å². The molecule has 0 saturated heterocycles. The van der Waals surface area contributed by atoms with Gasteiger partial charge in [-0.1, -0.05) is 0 Å². The smallest absolute Gasteiger partial charge is 0.319 e. The molecule has 0 spiro atoms. The van der Waals surface area contributed by atoms with E-state index in [0.717, 1.165) is 0 Å². The van der Waals surface area contributed by atoms with Gasteiger partial charge in [0.1, 0.15) is 6.04 Å². The van der Waals surface area contributed by atoms with Crippen LogP contribution in [0.3, 0.4) is 0 Å². The summed E-state index contributed by atoms with van der Waals surface area (Å²) >= 11 is 0. The zero-order valence-electron chi connectivity index (χ0n) is 8.74. The van der Waals surface area contributed by atoms with Crippen LogP contribution in [0.1, 0.15) is 11.6 Å². The van der Waals surface area contributed by atoms with E-state index >= 15 is 0 Å². The zero-order valence-corrected chi connectivity index (χ0v) is 9.56. The first-order valence-corrected chi connectivity index (χ1v) is 4.33. The van der Waals surface area contributed by atoms with Gasteiger partial charge in [0, 0.05) is 0 Å². The molecule has 1 nitrogen and oxygen atoms in total. The molecule has 10 heteroatoms. The van der Waals surface area contributed by atoms with Crippen LogP contribution in [-0.4, -0.2) is 12.1 Å². The molecule has 0 heterocycles. The van der Waals surface area contributed by atoms with Crippen LogP contribution in [0.25, 0.3) is 0 Å². The van der Waals surface area contributed by atoms with Crippen LogP contribution in [-0.2, 0) is 0 Å². The second-order valence-corrected chi connectivity index (χ2v) is 3.40. The minimum absolute atomic E-state index is 0. The summed E-state index contributed by atoms with van der Waals surface area (Å²) in [4.78, 5) is 0. The lowest BCUT2D eigenvalue weighted by Crippen LogP contribution is -2.45. The van der Waals surface area contributed by atoms with E-state index in [-0.39, 0.29) is 24.5 Å². The second-order valence-electron chi connectivity index (χ2n) is 3.40. The number of benzene rings is 1. The summed E-state index contributed by atoms with van der Waals surface area (Å²) < 4.78 is 99.3. The molecular formula is C9H6ClF8N. The van der Waals surface area contributed by atoms with Crippen molar-refractivity contribution in [1.82, 2.24) is 0 Å². The Morgan fingerprint density at radius 3 is 1.58 bits per heavy atom. The molecule has 0 radical (unpaired) electrons. The van der Waals surface area contributed by atoms with Crippen LogP contribution in [0, 0.1) is 17.5 Å². The van der Waals surface area contributed by atoms with Crippen molar-refractivity contribution in [3.8, 4) is 0 Å². The van der Waals surface area contributed by atoms with Gasteiger partial charge in [0.2, 0.25) is 0 Å². The number of nitrogens with two attached hydrogens (primary N) is 1. The molecule has 0 aromatic heterocycles. The Morgan fingerprint density at radius 2 is 1.26 bits per heavy atom. The highest BCUT2D eigenvalue weighted by Gasteiger charge is 2.61. The molecule has 0 unspecified atom stereocenters. The van der Waals surface area contributed by atoms with Crippen molar-refractivity contribution in [2.24, 2.45) is 5.73 Å². The van der Waals surface area contributed by atoms with Gasteiger partial charge in [0.15, 0.2) is 17.5 Å². The Kier molecular flexibility index (Phi) is 5.18. The molecule has 110 valence electrons. The van der Waals surface area contributed by atoms with Gasteiger partial charge in [-0.05, 0) is 17.7 Å². The van der Waals surface area contributed by atoms with Gasteiger partial charge in [-0.3, -0.25) is 0 Å². The third-order valence-electron chi connectivity index (χ3n) is 2.13. The molecule has 0 aliphatic heterocycles. The minimum Gasteiger partial charge on any atom is -0.319 e. The van der Waals surface area contributed by atoms with Crippen LogP contribution in [0.4, 0.5) is 35.1 Å². The third-order valence-corrected chi connectivity index (χ3v) is 2.13. The minimum atomic E-state index is -5.99. The van der Waals surface area contributed by atoms with E-state index in [4.69, 9.17) is 0 Å². The summed E-state index contributed by atoms with van der Waals surface area (Å²) in [6.07, 6.45) is -5.99. The number of hydrogen-bond acceptors (Lipinski definition) is 1. The van der Waals surface area contributed by atoms with E-state index in [1.807, 2.05) is 0 Å². The third kappa shape index (κ3) is 3.27. The van der Waals surface area contributed by atoms with Crippen LogP contribution in [0.5, 0.6) is 0 Å². The van der Waals surface area contributed by atoms with E-state index in [2.05, 4.69) is 5.73 Å². The predicted octanol–water partition coefficient (Wildman–Crippen LogP) is 3.72. The molecule has 0 amide bonds. The van der Waals surface area contributed by atoms with Crippen LogP contribution < -0.4 is 5.73 Å². The maximum Gasteiger partial charge on any atom is 0.455 e. The molecule has 0 aliphatic carbocycles. The van der Waals surface area contributed by atoms with Gasteiger partial charge < -0.3 is 5.73 Å². The van der Waals surface area contributed by atoms with Gasteiger partial charge in [-0.2, -0.15) is 22.0 Å². The average molecular weight is 316 g/mol. The Morgan fingerprint density at radius 1 is 0.895 bits per heavy atom. The maximum absolute atomic E-state index is 12.8. The number of halogens is 9. The zero-order chi connectivity index (χ0) is 14.3. The molecule has 1 rings (SSSR count). The van der Waals surface area contributed by atoms with E-state index in [9.17, 15) is 35.1 Å². The van der Waals surface area contributed by atoms with Crippen molar-refractivity contribution in [2.75, 3.05) is 0 Å². The molecule has 0 fully saturated rings. The standard InChI is InChI=1S/C9H5F8N.ClH/c10-4-1-3(2-5(11)6(4)12)7(18)8(13,14)9(15,16)17;/h1-2,7H,18H2;1H/t7-;/m1./s1. The van der Waals surface area contributed by atoms with E-state index in [1.165, 1.54) is 0 Å². The summed E-state index contributed by atoms with van der Waals surface area (Å²) in [5.74, 6) is -11.2. The Balaban J connectivity index is 0.00000324. The fourth-order valence-electron chi connectivity index (χ4n) is 1.14. The first-order valence-electron chi connectivity index (χ1n) is 4.33. The van der Waals surface area contributed by atoms with Crippen molar-refractivity contribution >= 4 is 12.4 Å². The van der Waals surface area contributed by atoms with Crippen molar-refractivity contribution < 1.29 is 35.1 Å². The second kappa shape index (κ2) is 5.49.